The number of pyridine rings is 2. The zero-order valence-corrected chi connectivity index (χ0v) is 27.8. The van der Waals surface area contributed by atoms with Crippen LogP contribution in [0.25, 0.3) is 99.7 Å². The Morgan fingerprint density at radius 2 is 0.923 bits per heavy atom. The highest BCUT2D eigenvalue weighted by Gasteiger charge is 2.19. The molecule has 0 unspecified atom stereocenters. The summed E-state index contributed by atoms with van der Waals surface area (Å²) in [5.41, 5.74) is 10.5. The molecule has 0 fully saturated rings. The predicted molar refractivity (Wildman–Crippen MR) is 207 cm³/mol. The molecule has 6 aromatic carbocycles. The minimum absolute atomic E-state index is 0.621. The first-order valence-corrected chi connectivity index (χ1v) is 17.1. The van der Waals surface area contributed by atoms with Gasteiger partial charge in [0.25, 0.3) is 0 Å². The van der Waals surface area contributed by atoms with Crippen LogP contribution in [0.1, 0.15) is 0 Å². The largest absolute Gasteiger partial charge is 0.442 e. The van der Waals surface area contributed by atoms with E-state index in [2.05, 4.69) is 153 Å². The Labute approximate surface area is 298 Å². The van der Waals surface area contributed by atoms with Crippen molar-refractivity contribution in [3.8, 4) is 67.4 Å². The Balaban J connectivity index is 1.20. The van der Waals surface area contributed by atoms with E-state index in [1.165, 1.54) is 34.7 Å². The minimum Gasteiger partial charge on any atom is -0.442 e. The van der Waals surface area contributed by atoms with Crippen LogP contribution in [-0.2, 0) is 0 Å². The highest BCUT2D eigenvalue weighted by atomic mass is 16.3. The van der Waals surface area contributed by atoms with Crippen molar-refractivity contribution in [1.29, 1.82) is 0 Å². The number of hydrogen-bond donors (Lipinski definition) is 0. The number of fused-ring (bicyclic) bond motifs is 3. The molecule has 52 heavy (non-hydrogen) atoms. The van der Waals surface area contributed by atoms with Crippen LogP contribution in [0.3, 0.4) is 0 Å². The third-order valence-electron chi connectivity index (χ3n) is 9.81. The van der Waals surface area contributed by atoms with E-state index in [0.29, 0.717) is 11.5 Å². The molecule has 0 N–H and O–H groups in total. The second kappa shape index (κ2) is 12.3. The summed E-state index contributed by atoms with van der Waals surface area (Å²) >= 11 is 0. The fourth-order valence-corrected chi connectivity index (χ4v) is 7.43. The van der Waals surface area contributed by atoms with Crippen LogP contribution in [0.5, 0.6) is 0 Å². The van der Waals surface area contributed by atoms with E-state index < -0.39 is 0 Å². The standard InChI is InChI=1S/C46H28N4O2/c1-2-8-35-30(6-1)7-5-11-36(35)31-14-12-29(13-15-31)32-16-17-39-40(22-32)46(34-19-21-50-42(24-34)44-26-48-28-52-44)38-10-4-3-9-37(38)45(39)33-18-20-49-41(23-33)43-25-47-27-51-43/h1-28H. The SMILES string of the molecule is c1ccc2c(-c3ccc(-c4ccc5c(-c6ccnc(-c7cnco7)c6)c6ccccc6c(-c6ccnc(-c7cnco7)c6)c5c4)cc3)cccc2c1. The maximum absolute atomic E-state index is 5.65. The molecule has 0 atom stereocenters. The molecule has 0 spiro atoms. The number of oxazole rings is 2. The van der Waals surface area contributed by atoms with Gasteiger partial charge >= 0.3 is 0 Å². The Bertz CT molecular complexity index is 2890. The van der Waals surface area contributed by atoms with E-state index in [1.54, 1.807) is 12.4 Å². The molecule has 0 aliphatic carbocycles. The molecular weight excluding hydrogens is 641 g/mol. The van der Waals surface area contributed by atoms with Crippen molar-refractivity contribution in [2.45, 2.75) is 0 Å². The van der Waals surface area contributed by atoms with Crippen molar-refractivity contribution in [2.75, 3.05) is 0 Å². The summed E-state index contributed by atoms with van der Waals surface area (Å²) in [5.74, 6) is 1.24. The van der Waals surface area contributed by atoms with Gasteiger partial charge in [0, 0.05) is 12.4 Å². The van der Waals surface area contributed by atoms with Gasteiger partial charge in [-0.2, -0.15) is 0 Å². The van der Waals surface area contributed by atoms with Crippen molar-refractivity contribution in [3.05, 3.63) is 171 Å². The number of hydrogen-bond acceptors (Lipinski definition) is 6. The maximum atomic E-state index is 5.65. The summed E-state index contributed by atoms with van der Waals surface area (Å²) in [6.45, 7) is 0. The number of rotatable bonds is 6. The van der Waals surface area contributed by atoms with Gasteiger partial charge in [0.15, 0.2) is 24.3 Å². The zero-order valence-electron chi connectivity index (χ0n) is 27.8. The summed E-state index contributed by atoms with van der Waals surface area (Å²) in [4.78, 5) is 17.5. The van der Waals surface area contributed by atoms with Crippen molar-refractivity contribution in [3.63, 3.8) is 0 Å². The van der Waals surface area contributed by atoms with Gasteiger partial charge in [0.2, 0.25) is 0 Å². The van der Waals surface area contributed by atoms with Gasteiger partial charge < -0.3 is 8.83 Å². The highest BCUT2D eigenvalue weighted by Crippen LogP contribution is 2.45. The first kappa shape index (κ1) is 29.7. The van der Waals surface area contributed by atoms with E-state index in [-0.39, 0.29) is 0 Å². The Kier molecular flexibility index (Phi) is 7.03. The number of benzene rings is 6. The molecule has 0 aliphatic heterocycles. The van der Waals surface area contributed by atoms with Crippen molar-refractivity contribution < 1.29 is 8.83 Å². The molecular formula is C46H28N4O2. The quantitative estimate of drug-likeness (QED) is 0.164. The molecule has 4 aromatic heterocycles. The van der Waals surface area contributed by atoms with Crippen molar-refractivity contribution >= 4 is 32.3 Å². The molecule has 6 nitrogen and oxygen atoms in total. The summed E-state index contributed by atoms with van der Waals surface area (Å²) in [7, 11) is 0. The molecule has 244 valence electrons. The molecule has 0 radical (unpaired) electrons. The molecule has 4 heterocycles. The van der Waals surface area contributed by atoms with Gasteiger partial charge in [-0.3, -0.25) is 9.97 Å². The third kappa shape index (κ3) is 5.05. The highest BCUT2D eigenvalue weighted by molar-refractivity contribution is 6.22. The van der Waals surface area contributed by atoms with Crippen LogP contribution in [-0.4, -0.2) is 19.9 Å². The molecule has 0 saturated heterocycles. The van der Waals surface area contributed by atoms with Gasteiger partial charge in [0.1, 0.15) is 11.4 Å². The smallest absolute Gasteiger partial charge is 0.181 e. The summed E-state index contributed by atoms with van der Waals surface area (Å²) < 4.78 is 11.3. The second-order valence-corrected chi connectivity index (χ2v) is 12.8. The predicted octanol–water partition coefficient (Wildman–Crippen LogP) is 11.9. The van der Waals surface area contributed by atoms with E-state index in [0.717, 1.165) is 66.3 Å². The molecule has 0 bridgehead atoms. The lowest BCUT2D eigenvalue weighted by molar-refractivity contribution is 0.569. The van der Waals surface area contributed by atoms with E-state index in [9.17, 15) is 0 Å². The lowest BCUT2D eigenvalue weighted by Gasteiger charge is -2.19. The first-order valence-electron chi connectivity index (χ1n) is 17.1. The van der Waals surface area contributed by atoms with Crippen molar-refractivity contribution in [2.24, 2.45) is 0 Å². The Morgan fingerprint density at radius 3 is 1.56 bits per heavy atom. The van der Waals surface area contributed by atoms with E-state index >= 15 is 0 Å². The fraction of sp³-hybridized carbons (Fsp3) is 0. The molecule has 0 amide bonds. The topological polar surface area (TPSA) is 77.8 Å². The zero-order chi connectivity index (χ0) is 34.4. The molecule has 6 heteroatoms. The van der Waals surface area contributed by atoms with Crippen LogP contribution in [0.4, 0.5) is 0 Å². The third-order valence-corrected chi connectivity index (χ3v) is 9.81. The van der Waals surface area contributed by atoms with Crippen LogP contribution >= 0.6 is 0 Å². The summed E-state index contributed by atoms with van der Waals surface area (Å²) in [6, 6.07) is 47.6. The van der Waals surface area contributed by atoms with Crippen LogP contribution in [0, 0.1) is 0 Å². The lowest BCUT2D eigenvalue weighted by Crippen LogP contribution is -1.93. The van der Waals surface area contributed by atoms with Crippen LogP contribution < -0.4 is 0 Å². The minimum atomic E-state index is 0.621. The van der Waals surface area contributed by atoms with Gasteiger partial charge in [-0.05, 0) is 107 Å². The van der Waals surface area contributed by atoms with Crippen molar-refractivity contribution in [1.82, 2.24) is 19.9 Å². The van der Waals surface area contributed by atoms with Gasteiger partial charge in [-0.1, -0.05) is 103 Å². The van der Waals surface area contributed by atoms with Gasteiger partial charge in [-0.25, -0.2) is 9.97 Å². The maximum Gasteiger partial charge on any atom is 0.181 e. The first-order chi connectivity index (χ1) is 25.8. The summed E-state index contributed by atoms with van der Waals surface area (Å²) in [5, 5.41) is 6.98. The Hall–Kier alpha value is -7.18. The molecule has 10 aromatic rings. The normalized spacial score (nSPS) is 11.5. The summed E-state index contributed by atoms with van der Waals surface area (Å²) in [6.07, 6.45) is 9.92. The molecule has 10 rings (SSSR count). The average Bonchev–Trinajstić information content (AvgIpc) is 3.96. The monoisotopic (exact) mass is 668 g/mol. The average molecular weight is 669 g/mol. The second-order valence-electron chi connectivity index (χ2n) is 12.8. The number of nitrogens with zero attached hydrogens (tertiary/aromatic N) is 4. The van der Waals surface area contributed by atoms with Gasteiger partial charge in [0.05, 0.1) is 12.4 Å². The van der Waals surface area contributed by atoms with Crippen LogP contribution in [0.2, 0.25) is 0 Å². The lowest BCUT2D eigenvalue weighted by atomic mass is 9.84. The fourth-order valence-electron chi connectivity index (χ4n) is 7.43. The van der Waals surface area contributed by atoms with E-state index in [4.69, 9.17) is 8.83 Å². The molecule has 0 saturated carbocycles. The molecule has 0 aliphatic rings. The van der Waals surface area contributed by atoms with E-state index in [1.807, 2.05) is 12.4 Å². The number of aromatic nitrogens is 4. The van der Waals surface area contributed by atoms with Gasteiger partial charge in [-0.15, -0.1) is 0 Å². The van der Waals surface area contributed by atoms with Crippen LogP contribution in [0.15, 0.2) is 180 Å². The Morgan fingerprint density at radius 1 is 0.385 bits per heavy atom.